The van der Waals surface area contributed by atoms with Gasteiger partial charge in [0.15, 0.2) is 0 Å². The average Bonchev–Trinajstić information content (AvgIpc) is 2.93. The number of para-hydroxylation sites is 1. The van der Waals surface area contributed by atoms with Crippen LogP contribution in [0.25, 0.3) is 0 Å². The van der Waals surface area contributed by atoms with E-state index in [2.05, 4.69) is 10.6 Å². The fourth-order valence-electron chi connectivity index (χ4n) is 4.24. The predicted molar refractivity (Wildman–Crippen MR) is 136 cm³/mol. The summed E-state index contributed by atoms with van der Waals surface area (Å²) < 4.78 is 26.9. The van der Waals surface area contributed by atoms with Gasteiger partial charge in [0, 0.05) is 24.2 Å². The molecule has 9 heteroatoms. The minimum Gasteiger partial charge on any atom is -0.344 e. The van der Waals surface area contributed by atoms with Gasteiger partial charge in [-0.15, -0.1) is 0 Å². The second kappa shape index (κ2) is 10.3. The maximum Gasteiger partial charge on any atom is 0.274 e. The van der Waals surface area contributed by atoms with E-state index in [0.717, 1.165) is 23.3 Å². The molecule has 3 amide bonds. The minimum absolute atomic E-state index is 0.130. The van der Waals surface area contributed by atoms with E-state index in [1.807, 2.05) is 48.5 Å². The number of halogens is 2. The molecule has 2 N–H and O–H groups in total. The van der Waals surface area contributed by atoms with Gasteiger partial charge in [0.05, 0.1) is 17.8 Å². The summed E-state index contributed by atoms with van der Waals surface area (Å²) in [5, 5.41) is 5.19. The Kier molecular flexibility index (Phi) is 7.15. The standard InChI is InChI=1S/C28H26F2N4O3/c1-17(31-24(35)15-18-13-20(29)16-21(30)14-18)26(36)33-28(2)27(37)34(3)23-12-8-7-11-22(23)25(32-28)19-9-5-4-6-10-19/h4-14,16-17H,15H2,1-3H3,(H,31,35)(H,33,36)/t17-,28-/m1/s1. The summed E-state index contributed by atoms with van der Waals surface area (Å²) in [4.78, 5) is 45.3. The van der Waals surface area contributed by atoms with Gasteiger partial charge in [-0.2, -0.15) is 0 Å². The number of benzodiazepines with no additional fused rings is 1. The number of carbonyl (C=O) groups is 3. The summed E-state index contributed by atoms with van der Waals surface area (Å²) in [7, 11) is 1.61. The number of aliphatic imine (C=N–C) groups is 1. The summed E-state index contributed by atoms with van der Waals surface area (Å²) in [6, 6.07) is 18.4. The molecule has 3 aromatic carbocycles. The first kappa shape index (κ1) is 25.7. The molecule has 190 valence electrons. The van der Waals surface area contributed by atoms with Crippen molar-refractivity contribution in [1.82, 2.24) is 10.6 Å². The van der Waals surface area contributed by atoms with Gasteiger partial charge >= 0.3 is 0 Å². The van der Waals surface area contributed by atoms with Gasteiger partial charge in [-0.1, -0.05) is 48.5 Å². The van der Waals surface area contributed by atoms with Crippen LogP contribution in [0, 0.1) is 11.6 Å². The lowest BCUT2D eigenvalue weighted by molar-refractivity contribution is -0.133. The van der Waals surface area contributed by atoms with E-state index in [-0.39, 0.29) is 12.0 Å². The maximum absolute atomic E-state index is 13.5. The quantitative estimate of drug-likeness (QED) is 0.540. The fraction of sp³-hybridized carbons (Fsp3) is 0.214. The van der Waals surface area contributed by atoms with Crippen LogP contribution in [-0.4, -0.2) is 42.2 Å². The minimum atomic E-state index is -1.68. The molecule has 7 nitrogen and oxygen atoms in total. The van der Waals surface area contributed by atoms with Crippen molar-refractivity contribution in [1.29, 1.82) is 0 Å². The number of nitrogens with one attached hydrogen (secondary N) is 2. The summed E-state index contributed by atoms with van der Waals surface area (Å²) >= 11 is 0. The van der Waals surface area contributed by atoms with Crippen LogP contribution in [0.4, 0.5) is 14.5 Å². The molecule has 0 saturated carbocycles. The van der Waals surface area contributed by atoms with Gasteiger partial charge in [-0.3, -0.25) is 14.4 Å². The number of carbonyl (C=O) groups excluding carboxylic acids is 3. The number of rotatable bonds is 6. The largest absolute Gasteiger partial charge is 0.344 e. The highest BCUT2D eigenvalue weighted by atomic mass is 19.1. The number of likely N-dealkylation sites (N-methyl/N-ethyl adjacent to an activating group) is 1. The van der Waals surface area contributed by atoms with Gasteiger partial charge in [-0.25, -0.2) is 13.8 Å². The summed E-state index contributed by atoms with van der Waals surface area (Å²) in [5.74, 6) is -3.32. The maximum atomic E-state index is 13.5. The van der Waals surface area contributed by atoms with E-state index >= 15 is 0 Å². The molecule has 1 aliphatic rings. The van der Waals surface area contributed by atoms with Crippen LogP contribution in [0.2, 0.25) is 0 Å². The Bertz CT molecular complexity index is 1370. The highest BCUT2D eigenvalue weighted by Crippen LogP contribution is 2.30. The molecule has 1 heterocycles. The Morgan fingerprint density at radius 2 is 1.62 bits per heavy atom. The van der Waals surface area contributed by atoms with Crippen molar-refractivity contribution in [3.63, 3.8) is 0 Å². The molecule has 37 heavy (non-hydrogen) atoms. The van der Waals surface area contributed by atoms with Crippen LogP contribution < -0.4 is 15.5 Å². The molecule has 0 fully saturated rings. The lowest BCUT2D eigenvalue weighted by Crippen LogP contribution is -2.59. The summed E-state index contributed by atoms with van der Waals surface area (Å²) in [6.45, 7) is 2.95. The second-order valence-electron chi connectivity index (χ2n) is 9.01. The second-order valence-corrected chi connectivity index (χ2v) is 9.01. The van der Waals surface area contributed by atoms with Crippen LogP contribution in [0.3, 0.4) is 0 Å². The molecule has 3 aromatic rings. The Morgan fingerprint density at radius 3 is 2.30 bits per heavy atom. The smallest absolute Gasteiger partial charge is 0.274 e. The van der Waals surface area contributed by atoms with Crippen molar-refractivity contribution < 1.29 is 23.2 Å². The first-order valence-corrected chi connectivity index (χ1v) is 11.7. The van der Waals surface area contributed by atoms with Crippen molar-refractivity contribution in [3.8, 4) is 0 Å². The van der Waals surface area contributed by atoms with Crippen molar-refractivity contribution in [3.05, 3.63) is 101 Å². The third kappa shape index (κ3) is 5.55. The zero-order valence-corrected chi connectivity index (χ0v) is 20.6. The third-order valence-corrected chi connectivity index (χ3v) is 6.05. The van der Waals surface area contributed by atoms with Gasteiger partial charge in [0.25, 0.3) is 5.91 Å². The van der Waals surface area contributed by atoms with Gasteiger partial charge in [0.2, 0.25) is 17.5 Å². The van der Waals surface area contributed by atoms with Crippen LogP contribution in [0.5, 0.6) is 0 Å². The number of benzene rings is 3. The molecule has 1 aliphatic heterocycles. The molecule has 2 atom stereocenters. The van der Waals surface area contributed by atoms with E-state index in [0.29, 0.717) is 17.5 Å². The van der Waals surface area contributed by atoms with Crippen molar-refractivity contribution in [2.24, 2.45) is 4.99 Å². The molecular formula is C28H26F2N4O3. The molecule has 0 bridgehead atoms. The summed E-state index contributed by atoms with van der Waals surface area (Å²) in [6.07, 6.45) is -0.323. The molecule has 0 spiro atoms. The highest BCUT2D eigenvalue weighted by molar-refractivity contribution is 6.21. The molecule has 0 saturated heterocycles. The predicted octanol–water partition coefficient (Wildman–Crippen LogP) is 3.36. The lowest BCUT2D eigenvalue weighted by atomic mass is 10.0. The van der Waals surface area contributed by atoms with E-state index in [4.69, 9.17) is 4.99 Å². The van der Waals surface area contributed by atoms with Crippen molar-refractivity contribution >= 4 is 29.1 Å². The van der Waals surface area contributed by atoms with Crippen LogP contribution >= 0.6 is 0 Å². The van der Waals surface area contributed by atoms with Crippen molar-refractivity contribution in [2.45, 2.75) is 32.0 Å². The number of nitrogens with zero attached hydrogens (tertiary/aromatic N) is 2. The molecule has 0 radical (unpaired) electrons. The molecule has 0 aromatic heterocycles. The average molecular weight is 505 g/mol. The number of hydrogen-bond acceptors (Lipinski definition) is 4. The zero-order valence-electron chi connectivity index (χ0n) is 20.6. The van der Waals surface area contributed by atoms with Crippen LogP contribution in [-0.2, 0) is 20.8 Å². The van der Waals surface area contributed by atoms with E-state index < -0.39 is 41.1 Å². The first-order chi connectivity index (χ1) is 17.6. The highest BCUT2D eigenvalue weighted by Gasteiger charge is 2.42. The van der Waals surface area contributed by atoms with Crippen molar-refractivity contribution in [2.75, 3.05) is 11.9 Å². The Balaban J connectivity index is 1.58. The summed E-state index contributed by atoms with van der Waals surface area (Å²) in [5.41, 5.74) is 1.11. The zero-order chi connectivity index (χ0) is 26.7. The van der Waals surface area contributed by atoms with Gasteiger partial charge in [-0.05, 0) is 37.6 Å². The van der Waals surface area contributed by atoms with E-state index in [1.54, 1.807) is 13.1 Å². The number of fused-ring (bicyclic) bond motifs is 1. The fourth-order valence-corrected chi connectivity index (χ4v) is 4.24. The Labute approximate surface area is 213 Å². The SMILES string of the molecule is C[C@@H](NC(=O)Cc1cc(F)cc(F)c1)C(=O)N[C@@]1(C)N=C(c2ccccc2)c2ccccc2N(C)C1=O. The first-order valence-electron chi connectivity index (χ1n) is 11.7. The molecule has 0 aliphatic carbocycles. The monoisotopic (exact) mass is 504 g/mol. The van der Waals surface area contributed by atoms with Crippen LogP contribution in [0.15, 0.2) is 77.8 Å². The van der Waals surface area contributed by atoms with Gasteiger partial charge in [0.1, 0.15) is 17.7 Å². The van der Waals surface area contributed by atoms with Gasteiger partial charge < -0.3 is 15.5 Å². The molecule has 0 unspecified atom stereocenters. The lowest BCUT2D eigenvalue weighted by Gasteiger charge is -2.30. The number of amides is 3. The Hall–Kier alpha value is -4.40. The molecule has 4 rings (SSSR count). The van der Waals surface area contributed by atoms with E-state index in [1.165, 1.54) is 18.7 Å². The van der Waals surface area contributed by atoms with E-state index in [9.17, 15) is 23.2 Å². The third-order valence-electron chi connectivity index (χ3n) is 6.05. The normalized spacial score (nSPS) is 17.8. The molecular weight excluding hydrogens is 478 g/mol. The Morgan fingerprint density at radius 1 is 1.00 bits per heavy atom. The number of anilines is 1. The van der Waals surface area contributed by atoms with Crippen LogP contribution in [0.1, 0.15) is 30.5 Å². The number of hydrogen-bond donors (Lipinski definition) is 2. The topological polar surface area (TPSA) is 90.9 Å².